The first-order valence-corrected chi connectivity index (χ1v) is 8.81. The number of pyridine rings is 1. The smallest absolute Gasteiger partial charge is 0.132 e. The van der Waals surface area contributed by atoms with Crippen molar-refractivity contribution in [3.63, 3.8) is 0 Å². The van der Waals surface area contributed by atoms with Crippen molar-refractivity contribution in [2.45, 2.75) is 38.2 Å². The molecule has 2 aromatic heterocycles. The number of hydrogen-bond acceptors (Lipinski definition) is 5. The number of aromatic nitrogens is 3. The Morgan fingerprint density at radius 1 is 1.17 bits per heavy atom. The molecule has 24 heavy (non-hydrogen) atoms. The molecule has 126 valence electrons. The Bertz CT molecular complexity index is 683. The van der Waals surface area contributed by atoms with E-state index in [2.05, 4.69) is 32.0 Å². The summed E-state index contributed by atoms with van der Waals surface area (Å²) in [6, 6.07) is 8.16. The first-order valence-electron chi connectivity index (χ1n) is 8.81. The topological polar surface area (TPSA) is 51.1 Å². The minimum absolute atomic E-state index is 0.0675. The molecule has 0 radical (unpaired) electrons. The van der Waals surface area contributed by atoms with Gasteiger partial charge in [0.1, 0.15) is 11.6 Å². The van der Waals surface area contributed by atoms with Crippen molar-refractivity contribution in [1.29, 1.82) is 0 Å². The molecule has 0 N–H and O–H groups in total. The molecule has 5 nitrogen and oxygen atoms in total. The maximum atomic E-state index is 6.29. The standard InChI is InChI=1S/C19H24N4O/c1-15-20-9-5-18(22-15)23-10-6-19(7-11-23)13-16(14-24-19)12-17-4-2-3-8-21-17/h2-5,8-9,16H,6-7,10-14H2,1H3/t16-/m0/s1. The fourth-order valence-corrected chi connectivity index (χ4v) is 4.00. The molecule has 0 aliphatic carbocycles. The van der Waals surface area contributed by atoms with Crippen LogP contribution >= 0.6 is 0 Å². The van der Waals surface area contributed by atoms with Crippen molar-refractivity contribution >= 4 is 5.82 Å². The van der Waals surface area contributed by atoms with Gasteiger partial charge in [-0.15, -0.1) is 0 Å². The summed E-state index contributed by atoms with van der Waals surface area (Å²) in [5, 5.41) is 0. The summed E-state index contributed by atoms with van der Waals surface area (Å²) in [6.45, 7) is 4.82. The molecular weight excluding hydrogens is 300 g/mol. The van der Waals surface area contributed by atoms with Crippen LogP contribution < -0.4 is 4.90 Å². The molecule has 0 saturated carbocycles. The largest absolute Gasteiger partial charge is 0.375 e. The van der Waals surface area contributed by atoms with Gasteiger partial charge in [-0.25, -0.2) is 9.97 Å². The van der Waals surface area contributed by atoms with Crippen LogP contribution in [0.5, 0.6) is 0 Å². The Hall–Kier alpha value is -2.01. The minimum atomic E-state index is 0.0675. The van der Waals surface area contributed by atoms with Gasteiger partial charge >= 0.3 is 0 Å². The van der Waals surface area contributed by atoms with Crippen LogP contribution in [0, 0.1) is 12.8 Å². The summed E-state index contributed by atoms with van der Waals surface area (Å²) in [5.41, 5.74) is 1.25. The number of anilines is 1. The van der Waals surface area contributed by atoms with E-state index in [0.717, 1.165) is 57.0 Å². The molecule has 1 atom stereocenters. The fourth-order valence-electron chi connectivity index (χ4n) is 4.00. The van der Waals surface area contributed by atoms with Crippen molar-refractivity contribution in [2.75, 3.05) is 24.6 Å². The van der Waals surface area contributed by atoms with Crippen LogP contribution in [-0.4, -0.2) is 40.2 Å². The lowest BCUT2D eigenvalue weighted by Gasteiger charge is -2.39. The Kier molecular flexibility index (Phi) is 4.19. The van der Waals surface area contributed by atoms with Gasteiger partial charge in [-0.05, 0) is 56.7 Å². The highest BCUT2D eigenvalue weighted by atomic mass is 16.5. The van der Waals surface area contributed by atoms with E-state index in [1.165, 1.54) is 5.69 Å². The zero-order valence-electron chi connectivity index (χ0n) is 14.2. The van der Waals surface area contributed by atoms with Crippen LogP contribution in [0.3, 0.4) is 0 Å². The normalized spacial score (nSPS) is 22.9. The first kappa shape index (κ1) is 15.5. The van der Waals surface area contributed by atoms with Crippen molar-refractivity contribution in [2.24, 2.45) is 5.92 Å². The lowest BCUT2D eigenvalue weighted by molar-refractivity contribution is -0.0153. The average molecular weight is 324 g/mol. The summed E-state index contributed by atoms with van der Waals surface area (Å²) >= 11 is 0. The number of ether oxygens (including phenoxy) is 1. The predicted octanol–water partition coefficient (Wildman–Crippen LogP) is 2.80. The summed E-state index contributed by atoms with van der Waals surface area (Å²) in [5.74, 6) is 2.47. The molecule has 2 aromatic rings. The van der Waals surface area contributed by atoms with Gasteiger partial charge in [0.15, 0.2) is 0 Å². The molecule has 4 heterocycles. The highest BCUT2D eigenvalue weighted by Gasteiger charge is 2.42. The van der Waals surface area contributed by atoms with Crippen LogP contribution in [0.25, 0.3) is 0 Å². The molecule has 2 saturated heterocycles. The van der Waals surface area contributed by atoms with Gasteiger partial charge in [0.05, 0.1) is 12.2 Å². The second-order valence-electron chi connectivity index (χ2n) is 7.04. The highest BCUT2D eigenvalue weighted by Crippen LogP contribution is 2.40. The van der Waals surface area contributed by atoms with Crippen molar-refractivity contribution in [3.8, 4) is 0 Å². The number of nitrogens with zero attached hydrogens (tertiary/aromatic N) is 4. The van der Waals surface area contributed by atoms with E-state index in [1.807, 2.05) is 31.5 Å². The van der Waals surface area contributed by atoms with Gasteiger partial charge in [-0.3, -0.25) is 4.98 Å². The van der Waals surface area contributed by atoms with E-state index in [-0.39, 0.29) is 5.60 Å². The quantitative estimate of drug-likeness (QED) is 0.869. The molecule has 0 aromatic carbocycles. The molecule has 1 spiro atoms. The molecule has 4 rings (SSSR count). The predicted molar refractivity (Wildman–Crippen MR) is 92.9 cm³/mol. The van der Waals surface area contributed by atoms with Gasteiger partial charge in [0, 0.05) is 31.2 Å². The van der Waals surface area contributed by atoms with Crippen LogP contribution in [0.1, 0.15) is 30.8 Å². The molecule has 2 fully saturated rings. The molecule has 0 amide bonds. The molecule has 0 unspecified atom stereocenters. The minimum Gasteiger partial charge on any atom is -0.375 e. The van der Waals surface area contributed by atoms with E-state index in [4.69, 9.17) is 4.74 Å². The molecule has 0 bridgehead atoms. The lowest BCUT2D eigenvalue weighted by Crippen LogP contribution is -2.44. The summed E-state index contributed by atoms with van der Waals surface area (Å²) < 4.78 is 6.29. The SMILES string of the molecule is Cc1nccc(N2CCC3(CC2)C[C@H](Cc2ccccn2)CO3)n1. The van der Waals surface area contributed by atoms with Gasteiger partial charge in [-0.2, -0.15) is 0 Å². The van der Waals surface area contributed by atoms with Gasteiger partial charge < -0.3 is 9.64 Å². The third-order valence-corrected chi connectivity index (χ3v) is 5.27. The fraction of sp³-hybridized carbons (Fsp3) is 0.526. The van der Waals surface area contributed by atoms with E-state index in [0.29, 0.717) is 5.92 Å². The van der Waals surface area contributed by atoms with Crippen LogP contribution in [-0.2, 0) is 11.2 Å². The Labute approximate surface area is 143 Å². The second kappa shape index (κ2) is 6.48. The average Bonchev–Trinajstić information content (AvgIpc) is 2.99. The molecule has 5 heteroatoms. The summed E-state index contributed by atoms with van der Waals surface area (Å²) in [4.78, 5) is 15.5. The zero-order chi connectivity index (χ0) is 16.4. The molecule has 2 aliphatic rings. The summed E-state index contributed by atoms with van der Waals surface area (Å²) in [6.07, 6.45) is 8.06. The highest BCUT2D eigenvalue weighted by molar-refractivity contribution is 5.38. The zero-order valence-corrected chi connectivity index (χ0v) is 14.2. The first-order chi connectivity index (χ1) is 11.7. The lowest BCUT2D eigenvalue weighted by atomic mass is 9.84. The van der Waals surface area contributed by atoms with E-state index >= 15 is 0 Å². The number of rotatable bonds is 3. The third kappa shape index (κ3) is 3.26. The van der Waals surface area contributed by atoms with E-state index in [1.54, 1.807) is 0 Å². The van der Waals surface area contributed by atoms with Crippen molar-refractivity contribution in [3.05, 3.63) is 48.2 Å². The maximum Gasteiger partial charge on any atom is 0.132 e. The molecular formula is C19H24N4O. The van der Waals surface area contributed by atoms with Crippen LogP contribution in [0.2, 0.25) is 0 Å². The number of piperidine rings is 1. The monoisotopic (exact) mass is 324 g/mol. The van der Waals surface area contributed by atoms with Gasteiger partial charge in [-0.1, -0.05) is 6.07 Å². The Balaban J connectivity index is 1.35. The van der Waals surface area contributed by atoms with E-state index in [9.17, 15) is 0 Å². The van der Waals surface area contributed by atoms with Crippen molar-refractivity contribution < 1.29 is 4.74 Å². The summed E-state index contributed by atoms with van der Waals surface area (Å²) in [7, 11) is 0. The van der Waals surface area contributed by atoms with E-state index < -0.39 is 0 Å². The van der Waals surface area contributed by atoms with Crippen LogP contribution in [0.4, 0.5) is 5.82 Å². The van der Waals surface area contributed by atoms with Gasteiger partial charge in [0.2, 0.25) is 0 Å². The van der Waals surface area contributed by atoms with Crippen molar-refractivity contribution in [1.82, 2.24) is 15.0 Å². The van der Waals surface area contributed by atoms with Gasteiger partial charge in [0.25, 0.3) is 0 Å². The van der Waals surface area contributed by atoms with Crippen LogP contribution in [0.15, 0.2) is 36.7 Å². The maximum absolute atomic E-state index is 6.29. The second-order valence-corrected chi connectivity index (χ2v) is 7.04. The Morgan fingerprint density at radius 3 is 2.79 bits per heavy atom. The Morgan fingerprint density at radius 2 is 2.04 bits per heavy atom. The molecule has 2 aliphatic heterocycles. The third-order valence-electron chi connectivity index (χ3n) is 5.27. The number of aryl methyl sites for hydroxylation is 1. The number of hydrogen-bond donors (Lipinski definition) is 0.